The van der Waals surface area contributed by atoms with Crippen LogP contribution in [0.3, 0.4) is 0 Å². The van der Waals surface area contributed by atoms with Crippen LogP contribution in [0, 0.1) is 0 Å². The van der Waals surface area contributed by atoms with Crippen molar-refractivity contribution in [3.8, 4) is 5.75 Å². The lowest BCUT2D eigenvalue weighted by atomic mass is 9.98. The van der Waals surface area contributed by atoms with Crippen molar-refractivity contribution in [2.24, 2.45) is 5.10 Å². The van der Waals surface area contributed by atoms with Gasteiger partial charge in [-0.15, -0.1) is 0 Å². The van der Waals surface area contributed by atoms with Gasteiger partial charge in [0.25, 0.3) is 0 Å². The minimum absolute atomic E-state index is 0.164. The molecule has 1 aliphatic heterocycles. The molecule has 4 rings (SSSR count). The lowest BCUT2D eigenvalue weighted by molar-refractivity contribution is 0.414. The Bertz CT molecular complexity index is 922. The maximum Gasteiger partial charge on any atom is 0.127 e. The number of ether oxygens (including phenoxy) is 1. The molecule has 0 N–H and O–H groups in total. The molecule has 1 atom stereocenters. The van der Waals surface area contributed by atoms with Crippen molar-refractivity contribution in [2.75, 3.05) is 12.1 Å². The molecule has 1 heterocycles. The van der Waals surface area contributed by atoms with E-state index in [-0.39, 0.29) is 6.04 Å². The van der Waals surface area contributed by atoms with Gasteiger partial charge in [0.15, 0.2) is 0 Å². The quantitative estimate of drug-likeness (QED) is 0.545. The molecule has 26 heavy (non-hydrogen) atoms. The fourth-order valence-electron chi connectivity index (χ4n) is 3.32. The summed E-state index contributed by atoms with van der Waals surface area (Å²) in [6.45, 7) is 0. The summed E-state index contributed by atoms with van der Waals surface area (Å²) in [6.07, 6.45) is 0.834. The molecule has 0 aromatic heterocycles. The van der Waals surface area contributed by atoms with Crippen molar-refractivity contribution in [2.45, 2.75) is 12.5 Å². The van der Waals surface area contributed by atoms with Gasteiger partial charge in [-0.05, 0) is 42.0 Å². The second-order valence-electron chi connectivity index (χ2n) is 6.20. The van der Waals surface area contributed by atoms with Gasteiger partial charge in [0.1, 0.15) is 5.75 Å². The molecule has 0 amide bonds. The normalized spacial score (nSPS) is 16.5. The average Bonchev–Trinajstić information content (AvgIpc) is 3.14. The monoisotopic (exact) mass is 406 g/mol. The molecule has 0 bridgehead atoms. The SMILES string of the molecule is COc1ccccc1C1=NN(c2ccc(Br)cc2)C(c2ccccc2)C1. The van der Waals surface area contributed by atoms with Crippen LogP contribution in [0.4, 0.5) is 5.69 Å². The minimum atomic E-state index is 0.164. The minimum Gasteiger partial charge on any atom is -0.496 e. The van der Waals surface area contributed by atoms with Gasteiger partial charge in [-0.2, -0.15) is 5.10 Å². The predicted molar refractivity (Wildman–Crippen MR) is 110 cm³/mol. The van der Waals surface area contributed by atoms with Crippen LogP contribution in [0.25, 0.3) is 0 Å². The summed E-state index contributed by atoms with van der Waals surface area (Å²) in [6, 6.07) is 27.1. The van der Waals surface area contributed by atoms with Gasteiger partial charge in [-0.25, -0.2) is 0 Å². The number of hydrazone groups is 1. The molecule has 0 saturated heterocycles. The second-order valence-corrected chi connectivity index (χ2v) is 7.11. The molecule has 130 valence electrons. The number of halogens is 1. The summed E-state index contributed by atoms with van der Waals surface area (Å²) in [5.74, 6) is 0.857. The van der Waals surface area contributed by atoms with E-state index in [2.05, 4.69) is 63.4 Å². The Kier molecular flexibility index (Phi) is 4.76. The largest absolute Gasteiger partial charge is 0.496 e. The molecule has 3 nitrogen and oxygen atoms in total. The summed E-state index contributed by atoms with van der Waals surface area (Å²) >= 11 is 3.51. The van der Waals surface area contributed by atoms with Gasteiger partial charge >= 0.3 is 0 Å². The number of nitrogens with zero attached hydrogens (tertiary/aromatic N) is 2. The highest BCUT2D eigenvalue weighted by Crippen LogP contribution is 2.38. The smallest absolute Gasteiger partial charge is 0.127 e. The summed E-state index contributed by atoms with van der Waals surface area (Å²) < 4.78 is 6.61. The molecule has 4 heteroatoms. The number of anilines is 1. The topological polar surface area (TPSA) is 24.8 Å². The zero-order valence-electron chi connectivity index (χ0n) is 14.5. The van der Waals surface area contributed by atoms with E-state index in [1.165, 1.54) is 5.56 Å². The first kappa shape index (κ1) is 16.9. The van der Waals surface area contributed by atoms with Crippen molar-refractivity contribution in [3.05, 3.63) is 94.5 Å². The van der Waals surface area contributed by atoms with Gasteiger partial charge in [0, 0.05) is 16.5 Å². The van der Waals surface area contributed by atoms with Gasteiger partial charge < -0.3 is 4.74 Å². The molecule has 3 aromatic carbocycles. The van der Waals surface area contributed by atoms with Crippen molar-refractivity contribution in [1.29, 1.82) is 0 Å². The van der Waals surface area contributed by atoms with Crippen LogP contribution in [-0.4, -0.2) is 12.8 Å². The number of methoxy groups -OCH3 is 1. The summed E-state index contributed by atoms with van der Waals surface area (Å²) in [4.78, 5) is 0. The van der Waals surface area contributed by atoms with Crippen LogP contribution in [0.1, 0.15) is 23.6 Å². The van der Waals surface area contributed by atoms with Crippen LogP contribution >= 0.6 is 15.9 Å². The zero-order valence-corrected chi connectivity index (χ0v) is 16.1. The van der Waals surface area contributed by atoms with Crippen LogP contribution in [0.2, 0.25) is 0 Å². The summed E-state index contributed by atoms with van der Waals surface area (Å²) in [7, 11) is 1.70. The Morgan fingerprint density at radius 2 is 1.62 bits per heavy atom. The van der Waals surface area contributed by atoms with Gasteiger partial charge in [0.2, 0.25) is 0 Å². The molecule has 0 fully saturated rings. The molecule has 1 aliphatic rings. The Morgan fingerprint density at radius 1 is 0.923 bits per heavy atom. The predicted octanol–water partition coefficient (Wildman–Crippen LogP) is 5.81. The Morgan fingerprint density at radius 3 is 2.35 bits per heavy atom. The third kappa shape index (κ3) is 3.25. The summed E-state index contributed by atoms with van der Waals surface area (Å²) in [5, 5.41) is 7.09. The number of para-hydroxylation sites is 1. The highest BCUT2D eigenvalue weighted by atomic mass is 79.9. The first-order chi connectivity index (χ1) is 12.8. The Labute approximate surface area is 162 Å². The Hall–Kier alpha value is -2.59. The van der Waals surface area contributed by atoms with Crippen LogP contribution in [-0.2, 0) is 0 Å². The van der Waals surface area contributed by atoms with Gasteiger partial charge in [-0.1, -0.05) is 58.4 Å². The number of rotatable bonds is 4. The van der Waals surface area contributed by atoms with Crippen molar-refractivity contribution >= 4 is 27.3 Å². The van der Waals surface area contributed by atoms with Crippen molar-refractivity contribution in [3.63, 3.8) is 0 Å². The van der Waals surface area contributed by atoms with Crippen LogP contribution < -0.4 is 9.75 Å². The molecule has 0 radical (unpaired) electrons. The van der Waals surface area contributed by atoms with Crippen LogP contribution in [0.5, 0.6) is 5.75 Å². The van der Waals surface area contributed by atoms with E-state index in [0.717, 1.165) is 33.6 Å². The fourth-order valence-corrected chi connectivity index (χ4v) is 3.59. The molecular formula is C22H19BrN2O. The molecule has 3 aromatic rings. The molecule has 0 spiro atoms. The molecule has 1 unspecified atom stereocenters. The van der Waals surface area contributed by atoms with Crippen LogP contribution in [0.15, 0.2) is 88.4 Å². The van der Waals surface area contributed by atoms with Crippen molar-refractivity contribution < 1.29 is 4.74 Å². The van der Waals surface area contributed by atoms with Gasteiger partial charge in [-0.3, -0.25) is 5.01 Å². The molecular weight excluding hydrogens is 388 g/mol. The van der Waals surface area contributed by atoms with E-state index in [9.17, 15) is 0 Å². The third-order valence-corrected chi connectivity index (χ3v) is 5.13. The Balaban J connectivity index is 1.77. The lowest BCUT2D eigenvalue weighted by Gasteiger charge is -2.24. The second kappa shape index (κ2) is 7.34. The first-order valence-electron chi connectivity index (χ1n) is 8.57. The fraction of sp³-hybridized carbons (Fsp3) is 0.136. The number of hydrogen-bond donors (Lipinski definition) is 0. The molecule has 0 aliphatic carbocycles. The molecule has 0 saturated carbocycles. The van der Waals surface area contributed by atoms with E-state index >= 15 is 0 Å². The van der Waals surface area contributed by atoms with E-state index in [4.69, 9.17) is 9.84 Å². The lowest BCUT2D eigenvalue weighted by Crippen LogP contribution is -2.18. The maximum atomic E-state index is 5.55. The summed E-state index contributed by atoms with van der Waals surface area (Å²) in [5.41, 5.74) is 4.42. The maximum absolute atomic E-state index is 5.55. The van der Waals surface area contributed by atoms with E-state index in [0.29, 0.717) is 0 Å². The standard InChI is InChI=1S/C22H19BrN2O/c1-26-22-10-6-5-9-19(22)20-15-21(16-7-3-2-4-8-16)25(24-20)18-13-11-17(23)12-14-18/h2-14,21H,15H2,1H3. The van der Waals surface area contributed by atoms with Crippen molar-refractivity contribution in [1.82, 2.24) is 0 Å². The number of hydrogen-bond acceptors (Lipinski definition) is 3. The van der Waals surface area contributed by atoms with E-state index in [1.54, 1.807) is 7.11 Å². The first-order valence-corrected chi connectivity index (χ1v) is 9.36. The highest BCUT2D eigenvalue weighted by Gasteiger charge is 2.30. The third-order valence-electron chi connectivity index (χ3n) is 4.60. The van der Waals surface area contributed by atoms with Gasteiger partial charge in [0.05, 0.1) is 24.6 Å². The van der Waals surface area contributed by atoms with E-state index < -0.39 is 0 Å². The number of benzene rings is 3. The highest BCUT2D eigenvalue weighted by molar-refractivity contribution is 9.10. The van der Waals surface area contributed by atoms with E-state index in [1.807, 2.05) is 36.4 Å². The average molecular weight is 407 g/mol. The zero-order chi connectivity index (χ0) is 17.9.